The summed E-state index contributed by atoms with van der Waals surface area (Å²) in [5.74, 6) is -0.303. The Hall–Kier alpha value is -0.280. The van der Waals surface area contributed by atoms with E-state index in [1.165, 1.54) is 25.0 Å². The third-order valence-corrected chi connectivity index (χ3v) is 3.71. The molecule has 1 fully saturated rings. The lowest BCUT2D eigenvalue weighted by Crippen LogP contribution is -2.26. The summed E-state index contributed by atoms with van der Waals surface area (Å²) in [4.78, 5) is 2.23. The van der Waals surface area contributed by atoms with E-state index in [4.69, 9.17) is 11.6 Å². The van der Waals surface area contributed by atoms with E-state index in [0.717, 1.165) is 16.7 Å². The molecule has 15 heavy (non-hydrogen) atoms. The van der Waals surface area contributed by atoms with Crippen molar-refractivity contribution in [3.05, 3.63) is 27.4 Å². The fourth-order valence-electron chi connectivity index (χ4n) is 2.07. The van der Waals surface area contributed by atoms with Crippen LogP contribution in [-0.4, -0.2) is 12.6 Å². The number of halogens is 3. The number of nitrogens with zero attached hydrogens (tertiary/aromatic N) is 1. The van der Waals surface area contributed by atoms with Crippen LogP contribution in [0, 0.1) is 5.82 Å². The molecule has 0 radical (unpaired) electrons. The fraction of sp³-hybridized carbons (Fsp3) is 0.455. The SMILES string of the molecule is CC1CCCN1c1c(Cl)cc(F)cc1Br. The summed E-state index contributed by atoms with van der Waals surface area (Å²) < 4.78 is 13.8. The molecule has 4 heteroatoms. The molecule has 1 nitrogen and oxygen atoms in total. The van der Waals surface area contributed by atoms with E-state index < -0.39 is 0 Å². The molecule has 1 heterocycles. The van der Waals surface area contributed by atoms with Crippen molar-refractivity contribution in [2.75, 3.05) is 11.4 Å². The van der Waals surface area contributed by atoms with Crippen LogP contribution in [0.2, 0.25) is 5.02 Å². The van der Waals surface area contributed by atoms with E-state index in [2.05, 4.69) is 27.8 Å². The molecule has 0 aliphatic carbocycles. The van der Waals surface area contributed by atoms with Crippen molar-refractivity contribution >= 4 is 33.2 Å². The van der Waals surface area contributed by atoms with Gasteiger partial charge >= 0.3 is 0 Å². The van der Waals surface area contributed by atoms with Gasteiger partial charge in [0.1, 0.15) is 5.82 Å². The zero-order chi connectivity index (χ0) is 11.0. The standard InChI is InChI=1S/C11H12BrClFN/c1-7-3-2-4-15(7)11-9(12)5-8(14)6-10(11)13/h5-7H,2-4H2,1H3. The Bertz CT molecular complexity index is 360. The minimum absolute atomic E-state index is 0.303. The Balaban J connectivity index is 2.43. The molecule has 0 N–H and O–H groups in total. The monoisotopic (exact) mass is 291 g/mol. The summed E-state index contributed by atoms with van der Waals surface area (Å²) in [6.07, 6.45) is 2.33. The Morgan fingerprint density at radius 2 is 2.27 bits per heavy atom. The first kappa shape index (κ1) is 11.2. The lowest BCUT2D eigenvalue weighted by atomic mass is 10.2. The first-order valence-electron chi connectivity index (χ1n) is 5.01. The van der Waals surface area contributed by atoms with E-state index >= 15 is 0 Å². The third-order valence-electron chi connectivity index (χ3n) is 2.82. The molecule has 82 valence electrons. The molecule has 1 aliphatic heterocycles. The predicted octanol–water partition coefficient (Wildman–Crippen LogP) is 4.23. The van der Waals surface area contributed by atoms with Crippen LogP contribution in [-0.2, 0) is 0 Å². The van der Waals surface area contributed by atoms with Gasteiger partial charge in [-0.25, -0.2) is 4.39 Å². The maximum Gasteiger partial charge on any atom is 0.125 e. The first-order chi connectivity index (χ1) is 7.09. The second-order valence-corrected chi connectivity index (χ2v) is 5.16. The second-order valence-electron chi connectivity index (χ2n) is 3.90. The number of rotatable bonds is 1. The average molecular weight is 293 g/mol. The van der Waals surface area contributed by atoms with Crippen molar-refractivity contribution in [1.29, 1.82) is 0 Å². The molecule has 1 unspecified atom stereocenters. The quantitative estimate of drug-likeness (QED) is 0.749. The van der Waals surface area contributed by atoms with E-state index in [9.17, 15) is 4.39 Å². The largest absolute Gasteiger partial charge is 0.367 e. The van der Waals surface area contributed by atoms with Gasteiger partial charge in [0.05, 0.1) is 10.7 Å². The van der Waals surface area contributed by atoms with Crippen molar-refractivity contribution < 1.29 is 4.39 Å². The molecular weight excluding hydrogens is 280 g/mol. The number of hydrogen-bond acceptors (Lipinski definition) is 1. The second kappa shape index (κ2) is 4.30. The van der Waals surface area contributed by atoms with Gasteiger partial charge in [0.25, 0.3) is 0 Å². The zero-order valence-corrected chi connectivity index (χ0v) is 10.8. The number of anilines is 1. The van der Waals surface area contributed by atoms with Crippen LogP contribution in [0.4, 0.5) is 10.1 Å². The van der Waals surface area contributed by atoms with Crippen molar-refractivity contribution in [3.8, 4) is 0 Å². The van der Waals surface area contributed by atoms with Crippen LogP contribution in [0.3, 0.4) is 0 Å². The molecule has 1 aromatic carbocycles. The highest BCUT2D eigenvalue weighted by molar-refractivity contribution is 9.10. The normalized spacial score (nSPS) is 21.1. The number of hydrogen-bond donors (Lipinski definition) is 0. The Kier molecular flexibility index (Phi) is 3.21. The van der Waals surface area contributed by atoms with Crippen LogP contribution in [0.15, 0.2) is 16.6 Å². The lowest BCUT2D eigenvalue weighted by Gasteiger charge is -2.26. The van der Waals surface area contributed by atoms with E-state index in [-0.39, 0.29) is 5.82 Å². The molecule has 0 bridgehead atoms. The average Bonchev–Trinajstić information content (AvgIpc) is 2.50. The third kappa shape index (κ3) is 2.13. The van der Waals surface area contributed by atoms with Gasteiger partial charge in [-0.2, -0.15) is 0 Å². The molecule has 0 spiro atoms. The molecule has 2 rings (SSSR count). The first-order valence-corrected chi connectivity index (χ1v) is 6.18. The Morgan fingerprint density at radius 3 is 2.80 bits per heavy atom. The lowest BCUT2D eigenvalue weighted by molar-refractivity contribution is 0.626. The minimum atomic E-state index is -0.303. The Labute approximate surface area is 102 Å². The van der Waals surface area contributed by atoms with E-state index in [1.54, 1.807) is 0 Å². The van der Waals surface area contributed by atoms with E-state index in [1.807, 2.05) is 0 Å². The van der Waals surface area contributed by atoms with Gasteiger partial charge < -0.3 is 4.90 Å². The molecule has 0 aromatic heterocycles. The summed E-state index contributed by atoms with van der Waals surface area (Å²) in [6, 6.07) is 3.31. The van der Waals surface area contributed by atoms with Gasteiger partial charge in [0.2, 0.25) is 0 Å². The molecule has 1 saturated heterocycles. The van der Waals surface area contributed by atoms with Crippen molar-refractivity contribution in [2.24, 2.45) is 0 Å². The molecule has 1 aromatic rings. The van der Waals surface area contributed by atoms with Crippen molar-refractivity contribution in [2.45, 2.75) is 25.8 Å². The summed E-state index contributed by atoms with van der Waals surface area (Å²) in [5.41, 5.74) is 0.920. The van der Waals surface area contributed by atoms with Crippen LogP contribution in [0.5, 0.6) is 0 Å². The van der Waals surface area contributed by atoms with Gasteiger partial charge in [0.15, 0.2) is 0 Å². The number of benzene rings is 1. The van der Waals surface area contributed by atoms with Crippen molar-refractivity contribution in [1.82, 2.24) is 0 Å². The van der Waals surface area contributed by atoms with Gasteiger partial charge in [-0.05, 0) is 47.8 Å². The van der Waals surface area contributed by atoms with Crippen LogP contribution >= 0.6 is 27.5 Å². The fourth-order valence-corrected chi connectivity index (χ4v) is 3.16. The smallest absolute Gasteiger partial charge is 0.125 e. The highest BCUT2D eigenvalue weighted by atomic mass is 79.9. The topological polar surface area (TPSA) is 3.24 Å². The maximum absolute atomic E-state index is 13.1. The highest BCUT2D eigenvalue weighted by Gasteiger charge is 2.24. The minimum Gasteiger partial charge on any atom is -0.367 e. The highest BCUT2D eigenvalue weighted by Crippen LogP contribution is 2.38. The van der Waals surface area contributed by atoms with Crippen LogP contribution in [0.1, 0.15) is 19.8 Å². The van der Waals surface area contributed by atoms with E-state index in [0.29, 0.717) is 11.1 Å². The Morgan fingerprint density at radius 1 is 1.53 bits per heavy atom. The molecule has 1 atom stereocenters. The van der Waals surface area contributed by atoms with Crippen LogP contribution < -0.4 is 4.90 Å². The molecule has 1 aliphatic rings. The molecular formula is C11H12BrClFN. The van der Waals surface area contributed by atoms with Gasteiger partial charge in [-0.1, -0.05) is 11.6 Å². The summed E-state index contributed by atoms with van der Waals surface area (Å²) >= 11 is 9.44. The molecule has 0 saturated carbocycles. The van der Waals surface area contributed by atoms with Gasteiger partial charge in [-0.15, -0.1) is 0 Å². The summed E-state index contributed by atoms with van der Waals surface area (Å²) in [6.45, 7) is 3.16. The predicted molar refractivity (Wildman–Crippen MR) is 65.2 cm³/mol. The van der Waals surface area contributed by atoms with Gasteiger partial charge in [0, 0.05) is 17.1 Å². The maximum atomic E-state index is 13.1. The molecule has 0 amide bonds. The van der Waals surface area contributed by atoms with Crippen LogP contribution in [0.25, 0.3) is 0 Å². The zero-order valence-electron chi connectivity index (χ0n) is 8.43. The van der Waals surface area contributed by atoms with Crippen molar-refractivity contribution in [3.63, 3.8) is 0 Å². The summed E-state index contributed by atoms with van der Waals surface area (Å²) in [7, 11) is 0. The van der Waals surface area contributed by atoms with Gasteiger partial charge in [-0.3, -0.25) is 0 Å². The summed E-state index contributed by atoms with van der Waals surface area (Å²) in [5, 5.41) is 0.482.